The third-order valence-corrected chi connectivity index (χ3v) is 8.69. The molecule has 5 rings (SSSR count). The average molecular weight is 594 g/mol. The molecule has 0 spiro atoms. The Labute approximate surface area is 242 Å². The first-order valence-electron chi connectivity index (χ1n) is 13.5. The summed E-state index contributed by atoms with van der Waals surface area (Å²) >= 11 is 0. The Bertz CT molecular complexity index is 1640. The quantitative estimate of drug-likeness (QED) is 0.374. The summed E-state index contributed by atoms with van der Waals surface area (Å²) in [6.45, 7) is 0.497. The number of amides is 1. The standard InChI is InChI=1S/C31H29F2N3O5S/c1-20-5-15-26(16-6-20)42(39,40)34-18-29(38)41-19-28(37)36-31(22-9-13-25(33)14-10-22)27-4-2-3-23(30(27)35-36)17-21-7-11-24(32)12-8-21/h5-17,27,31,34H,2-4,18-19H2,1H3/b23-17+. The van der Waals surface area contributed by atoms with E-state index in [0.717, 1.165) is 29.5 Å². The fourth-order valence-corrected chi connectivity index (χ4v) is 6.14. The van der Waals surface area contributed by atoms with Crippen LogP contribution in [0, 0.1) is 24.5 Å². The summed E-state index contributed by atoms with van der Waals surface area (Å²) in [7, 11) is -3.95. The number of hydrazone groups is 1. The number of hydrogen-bond donors (Lipinski definition) is 1. The van der Waals surface area contributed by atoms with Crippen LogP contribution in [0.1, 0.15) is 42.0 Å². The minimum Gasteiger partial charge on any atom is -0.455 e. The van der Waals surface area contributed by atoms with E-state index in [4.69, 9.17) is 4.74 Å². The first-order chi connectivity index (χ1) is 20.1. The smallest absolute Gasteiger partial charge is 0.321 e. The van der Waals surface area contributed by atoms with E-state index in [2.05, 4.69) is 9.82 Å². The number of carbonyl (C=O) groups is 2. The Balaban J connectivity index is 1.32. The highest BCUT2D eigenvalue weighted by molar-refractivity contribution is 7.89. The minimum atomic E-state index is -3.95. The van der Waals surface area contributed by atoms with E-state index in [1.165, 1.54) is 41.4 Å². The number of carbonyl (C=O) groups excluding carboxylic acids is 2. The van der Waals surface area contributed by atoms with Gasteiger partial charge in [-0.3, -0.25) is 9.59 Å². The number of aryl methyl sites for hydroxylation is 1. The van der Waals surface area contributed by atoms with Crippen LogP contribution in [0.5, 0.6) is 0 Å². The van der Waals surface area contributed by atoms with Crippen LogP contribution >= 0.6 is 0 Å². The molecule has 2 aliphatic rings. The topological polar surface area (TPSA) is 105 Å². The first kappa shape index (κ1) is 29.3. The zero-order valence-electron chi connectivity index (χ0n) is 22.8. The van der Waals surface area contributed by atoms with Gasteiger partial charge in [0.1, 0.15) is 18.2 Å². The van der Waals surface area contributed by atoms with Gasteiger partial charge in [-0.25, -0.2) is 22.2 Å². The molecule has 3 aromatic rings. The molecule has 1 fully saturated rings. The molecule has 0 radical (unpaired) electrons. The van der Waals surface area contributed by atoms with Crippen molar-refractivity contribution < 1.29 is 31.5 Å². The maximum atomic E-state index is 13.7. The normalized spacial score (nSPS) is 19.4. The molecule has 2 unspecified atom stereocenters. The lowest BCUT2D eigenvalue weighted by Crippen LogP contribution is -2.36. The summed E-state index contributed by atoms with van der Waals surface area (Å²) in [5, 5.41) is 5.92. The monoisotopic (exact) mass is 593 g/mol. The second-order valence-electron chi connectivity index (χ2n) is 10.2. The molecule has 0 saturated heterocycles. The van der Waals surface area contributed by atoms with Gasteiger partial charge in [-0.05, 0) is 85.4 Å². The summed E-state index contributed by atoms with van der Waals surface area (Å²) in [5.41, 5.74) is 3.95. The van der Waals surface area contributed by atoms with Crippen molar-refractivity contribution >= 4 is 33.7 Å². The van der Waals surface area contributed by atoms with Crippen molar-refractivity contribution in [3.8, 4) is 0 Å². The largest absolute Gasteiger partial charge is 0.455 e. The molecule has 1 heterocycles. The second kappa shape index (κ2) is 12.3. The molecule has 1 aliphatic carbocycles. The lowest BCUT2D eigenvalue weighted by Gasteiger charge is -2.29. The number of allylic oxidation sites excluding steroid dienone is 1. The first-order valence-corrected chi connectivity index (χ1v) is 14.9. The molecule has 11 heteroatoms. The van der Waals surface area contributed by atoms with Gasteiger partial charge < -0.3 is 4.74 Å². The number of esters is 1. The number of halogens is 2. The number of benzene rings is 3. The fraction of sp³-hybridized carbons (Fsp3) is 0.258. The van der Waals surface area contributed by atoms with Gasteiger partial charge in [-0.15, -0.1) is 0 Å². The number of nitrogens with zero attached hydrogens (tertiary/aromatic N) is 2. The van der Waals surface area contributed by atoms with Gasteiger partial charge in [0.05, 0.1) is 16.6 Å². The van der Waals surface area contributed by atoms with Crippen molar-refractivity contribution in [1.82, 2.24) is 9.73 Å². The van der Waals surface area contributed by atoms with Gasteiger partial charge in [-0.1, -0.05) is 42.0 Å². The summed E-state index contributed by atoms with van der Waals surface area (Å²) in [6, 6.07) is 17.5. The van der Waals surface area contributed by atoms with Crippen LogP contribution in [-0.4, -0.2) is 44.2 Å². The van der Waals surface area contributed by atoms with Crippen molar-refractivity contribution in [2.75, 3.05) is 13.2 Å². The summed E-state index contributed by atoms with van der Waals surface area (Å²) in [4.78, 5) is 25.7. The van der Waals surface area contributed by atoms with Crippen molar-refractivity contribution in [2.45, 2.75) is 37.1 Å². The van der Waals surface area contributed by atoms with Crippen LogP contribution in [0.3, 0.4) is 0 Å². The van der Waals surface area contributed by atoms with E-state index >= 15 is 0 Å². The number of fused-ring (bicyclic) bond motifs is 1. The molecule has 1 saturated carbocycles. The number of sulfonamides is 1. The molecular formula is C31H29F2N3O5S. The average Bonchev–Trinajstić information content (AvgIpc) is 3.37. The number of rotatable bonds is 8. The van der Waals surface area contributed by atoms with E-state index < -0.39 is 46.9 Å². The maximum Gasteiger partial charge on any atom is 0.321 e. The second-order valence-corrected chi connectivity index (χ2v) is 12.0. The molecule has 1 aliphatic heterocycles. The fourth-order valence-electron chi connectivity index (χ4n) is 5.17. The van der Waals surface area contributed by atoms with Gasteiger partial charge in [0, 0.05) is 5.92 Å². The van der Waals surface area contributed by atoms with Crippen LogP contribution in [0.15, 0.2) is 88.4 Å². The number of nitrogens with one attached hydrogen (secondary N) is 1. The molecule has 1 N–H and O–H groups in total. The van der Waals surface area contributed by atoms with E-state index in [0.29, 0.717) is 17.7 Å². The molecular weight excluding hydrogens is 564 g/mol. The zero-order valence-corrected chi connectivity index (χ0v) is 23.6. The molecule has 0 aromatic heterocycles. The Morgan fingerprint density at radius 3 is 2.31 bits per heavy atom. The molecule has 218 valence electrons. The Morgan fingerprint density at radius 2 is 1.64 bits per heavy atom. The van der Waals surface area contributed by atoms with Gasteiger partial charge in [0.15, 0.2) is 6.61 Å². The summed E-state index contributed by atoms with van der Waals surface area (Å²) in [5.74, 6) is -2.49. The third kappa shape index (κ3) is 6.63. The molecule has 8 nitrogen and oxygen atoms in total. The molecule has 0 bridgehead atoms. The number of ether oxygens (including phenoxy) is 1. The Hall–Kier alpha value is -4.22. The predicted octanol–water partition coefficient (Wildman–Crippen LogP) is 4.92. The molecule has 1 amide bonds. The SMILES string of the molecule is Cc1ccc(S(=O)(=O)NCC(=O)OCC(=O)N2N=C3/C(=C/c4ccc(F)cc4)CCCC3C2c2ccc(F)cc2)cc1. The maximum absolute atomic E-state index is 13.7. The van der Waals surface area contributed by atoms with Crippen molar-refractivity contribution in [2.24, 2.45) is 11.0 Å². The van der Waals surface area contributed by atoms with Crippen LogP contribution in [-0.2, 0) is 24.3 Å². The molecule has 2 atom stereocenters. The van der Waals surface area contributed by atoms with Gasteiger partial charge in [0.25, 0.3) is 5.91 Å². The highest BCUT2D eigenvalue weighted by Gasteiger charge is 2.43. The lowest BCUT2D eigenvalue weighted by atomic mass is 9.77. The Morgan fingerprint density at radius 1 is 1.00 bits per heavy atom. The summed E-state index contributed by atoms with van der Waals surface area (Å²) < 4.78 is 59.4. The minimum absolute atomic E-state index is 0.000825. The van der Waals surface area contributed by atoms with Crippen LogP contribution in [0.4, 0.5) is 8.78 Å². The van der Waals surface area contributed by atoms with E-state index in [1.54, 1.807) is 36.4 Å². The third-order valence-electron chi connectivity index (χ3n) is 7.27. The summed E-state index contributed by atoms with van der Waals surface area (Å²) in [6.07, 6.45) is 4.18. The highest BCUT2D eigenvalue weighted by atomic mass is 32.2. The lowest BCUT2D eigenvalue weighted by molar-refractivity contribution is -0.152. The van der Waals surface area contributed by atoms with Crippen LogP contribution < -0.4 is 4.72 Å². The van der Waals surface area contributed by atoms with Crippen molar-refractivity contribution in [1.29, 1.82) is 0 Å². The molecule has 3 aromatic carbocycles. The number of hydrogen-bond acceptors (Lipinski definition) is 6. The van der Waals surface area contributed by atoms with E-state index in [1.807, 2.05) is 13.0 Å². The van der Waals surface area contributed by atoms with Crippen LogP contribution in [0.2, 0.25) is 0 Å². The van der Waals surface area contributed by atoms with Gasteiger partial charge in [-0.2, -0.15) is 9.82 Å². The van der Waals surface area contributed by atoms with Gasteiger partial charge >= 0.3 is 5.97 Å². The highest BCUT2D eigenvalue weighted by Crippen LogP contribution is 2.44. The van der Waals surface area contributed by atoms with E-state index in [-0.39, 0.29) is 16.6 Å². The zero-order chi connectivity index (χ0) is 29.9. The van der Waals surface area contributed by atoms with Crippen molar-refractivity contribution in [3.63, 3.8) is 0 Å². The Kier molecular flexibility index (Phi) is 8.60. The predicted molar refractivity (Wildman–Crippen MR) is 152 cm³/mol. The van der Waals surface area contributed by atoms with Gasteiger partial charge in [0.2, 0.25) is 10.0 Å². The van der Waals surface area contributed by atoms with E-state index in [9.17, 15) is 26.8 Å². The van der Waals surface area contributed by atoms with Crippen LogP contribution in [0.25, 0.3) is 6.08 Å². The van der Waals surface area contributed by atoms with Crippen molar-refractivity contribution in [3.05, 3.63) is 107 Å². The molecule has 42 heavy (non-hydrogen) atoms.